The zero-order valence-electron chi connectivity index (χ0n) is 17.0. The van der Waals surface area contributed by atoms with Gasteiger partial charge in [-0.2, -0.15) is 5.10 Å². The summed E-state index contributed by atoms with van der Waals surface area (Å²) in [5, 5.41) is 10.1. The molecule has 29 heavy (non-hydrogen) atoms. The Labute approximate surface area is 169 Å². The smallest absolute Gasteiger partial charge is 0.251 e. The highest BCUT2D eigenvalue weighted by atomic mass is 16.5. The minimum Gasteiger partial charge on any atom is -0.493 e. The lowest BCUT2D eigenvalue weighted by Crippen LogP contribution is -2.52. The van der Waals surface area contributed by atoms with Crippen molar-refractivity contribution in [2.24, 2.45) is 0 Å². The van der Waals surface area contributed by atoms with Crippen LogP contribution in [0.5, 0.6) is 11.5 Å². The second kappa shape index (κ2) is 8.95. The first-order valence-electron chi connectivity index (χ1n) is 9.34. The summed E-state index contributed by atoms with van der Waals surface area (Å²) in [5.74, 6) is 0.487. The maximum Gasteiger partial charge on any atom is 0.251 e. The Morgan fingerprint density at radius 2 is 2.03 bits per heavy atom. The number of morpholine rings is 1. The molecule has 2 amide bonds. The van der Waals surface area contributed by atoms with E-state index in [1.165, 1.54) is 7.11 Å². The summed E-state index contributed by atoms with van der Waals surface area (Å²) in [6.45, 7) is 4.67. The number of aryl methyl sites for hydroxylation is 2. The fraction of sp³-hybridized carbons (Fsp3) is 0.450. The lowest BCUT2D eigenvalue weighted by Gasteiger charge is -2.32. The molecule has 0 radical (unpaired) electrons. The monoisotopic (exact) mass is 402 g/mol. The van der Waals surface area contributed by atoms with Crippen LogP contribution in [0.2, 0.25) is 0 Å². The van der Waals surface area contributed by atoms with Crippen LogP contribution in [0, 0.1) is 13.8 Å². The molecule has 1 fully saturated rings. The molecular formula is C20H26N4O5. The van der Waals surface area contributed by atoms with E-state index in [-0.39, 0.29) is 18.4 Å². The number of ether oxygens (including phenoxy) is 3. The maximum atomic E-state index is 12.8. The van der Waals surface area contributed by atoms with E-state index in [0.29, 0.717) is 30.2 Å². The Balaban J connectivity index is 1.71. The summed E-state index contributed by atoms with van der Waals surface area (Å²) >= 11 is 0. The lowest BCUT2D eigenvalue weighted by atomic mass is 9.98. The van der Waals surface area contributed by atoms with Crippen molar-refractivity contribution >= 4 is 11.8 Å². The third-order valence-electron chi connectivity index (χ3n) is 4.76. The number of carbonyl (C=O) groups is 2. The van der Waals surface area contributed by atoms with Gasteiger partial charge in [0.1, 0.15) is 6.61 Å². The van der Waals surface area contributed by atoms with E-state index in [9.17, 15) is 9.59 Å². The quantitative estimate of drug-likeness (QED) is 0.713. The third kappa shape index (κ3) is 4.68. The number of carbonyl (C=O) groups excluding carboxylic acids is 2. The molecule has 0 unspecified atom stereocenters. The number of aromatic nitrogens is 2. The van der Waals surface area contributed by atoms with Crippen LogP contribution in [0.4, 0.5) is 0 Å². The van der Waals surface area contributed by atoms with Crippen LogP contribution in [0.15, 0.2) is 24.3 Å². The molecule has 1 aliphatic heterocycles. The molecule has 9 heteroatoms. The normalized spacial score (nSPS) is 18.8. The van der Waals surface area contributed by atoms with Gasteiger partial charge in [0, 0.05) is 12.2 Å². The van der Waals surface area contributed by atoms with Crippen LogP contribution in [-0.4, -0.2) is 55.1 Å². The van der Waals surface area contributed by atoms with Crippen LogP contribution in [0.3, 0.4) is 0 Å². The van der Waals surface area contributed by atoms with Gasteiger partial charge >= 0.3 is 0 Å². The molecule has 1 aromatic carbocycles. The van der Waals surface area contributed by atoms with Crippen molar-refractivity contribution in [3.05, 3.63) is 41.2 Å². The molecule has 156 valence electrons. The summed E-state index contributed by atoms with van der Waals surface area (Å²) in [6.07, 6.45) is -0.855. The number of methoxy groups -OCH3 is 2. The zero-order chi connectivity index (χ0) is 21.0. The molecule has 2 atom stereocenters. The molecule has 1 aliphatic rings. The summed E-state index contributed by atoms with van der Waals surface area (Å²) in [4.78, 5) is 24.7. The first-order valence-corrected chi connectivity index (χ1v) is 9.34. The third-order valence-corrected chi connectivity index (χ3v) is 4.76. The minimum absolute atomic E-state index is 0.167. The highest BCUT2D eigenvalue weighted by Gasteiger charge is 2.36. The molecule has 0 spiro atoms. The van der Waals surface area contributed by atoms with Crippen molar-refractivity contribution in [2.75, 3.05) is 27.4 Å². The molecule has 1 saturated heterocycles. The number of benzene rings is 1. The predicted molar refractivity (Wildman–Crippen MR) is 105 cm³/mol. The van der Waals surface area contributed by atoms with Crippen LogP contribution in [0.1, 0.15) is 23.0 Å². The van der Waals surface area contributed by atoms with Crippen molar-refractivity contribution in [1.82, 2.24) is 20.4 Å². The molecule has 9 nitrogen and oxygen atoms in total. The van der Waals surface area contributed by atoms with Gasteiger partial charge in [-0.3, -0.25) is 14.3 Å². The fourth-order valence-corrected chi connectivity index (χ4v) is 3.37. The van der Waals surface area contributed by atoms with E-state index in [0.717, 1.165) is 11.4 Å². The van der Waals surface area contributed by atoms with Crippen LogP contribution < -0.4 is 20.1 Å². The highest BCUT2D eigenvalue weighted by molar-refractivity contribution is 5.86. The number of nitrogens with one attached hydrogen (secondary N) is 2. The Morgan fingerprint density at radius 1 is 1.28 bits per heavy atom. The van der Waals surface area contributed by atoms with E-state index in [1.54, 1.807) is 25.3 Å². The van der Waals surface area contributed by atoms with Gasteiger partial charge in [-0.25, -0.2) is 0 Å². The van der Waals surface area contributed by atoms with Gasteiger partial charge in [-0.15, -0.1) is 0 Å². The fourth-order valence-electron chi connectivity index (χ4n) is 3.37. The van der Waals surface area contributed by atoms with Crippen molar-refractivity contribution in [2.45, 2.75) is 32.5 Å². The van der Waals surface area contributed by atoms with Gasteiger partial charge in [0.15, 0.2) is 17.6 Å². The average molecular weight is 402 g/mol. The van der Waals surface area contributed by atoms with Gasteiger partial charge in [0.05, 0.1) is 32.5 Å². The van der Waals surface area contributed by atoms with Crippen LogP contribution in [-0.2, 0) is 20.9 Å². The van der Waals surface area contributed by atoms with Gasteiger partial charge in [-0.05, 0) is 37.6 Å². The molecular weight excluding hydrogens is 376 g/mol. The van der Waals surface area contributed by atoms with Gasteiger partial charge < -0.3 is 24.8 Å². The molecule has 0 saturated carbocycles. The minimum atomic E-state index is -0.855. The topological polar surface area (TPSA) is 104 Å². The SMILES string of the molecule is COc1ccc([C@H]2NC(=O)CO[C@@H]2C(=O)NCCn2nc(C)cc2C)cc1OC. The van der Waals surface area contributed by atoms with E-state index in [2.05, 4.69) is 15.7 Å². The predicted octanol–water partition coefficient (Wildman–Crippen LogP) is 0.890. The van der Waals surface area contributed by atoms with E-state index < -0.39 is 12.1 Å². The Kier molecular flexibility index (Phi) is 6.38. The number of hydrogen-bond acceptors (Lipinski definition) is 6. The number of nitrogens with zero attached hydrogens (tertiary/aromatic N) is 2. The molecule has 3 rings (SSSR count). The lowest BCUT2D eigenvalue weighted by molar-refractivity contribution is -0.148. The van der Waals surface area contributed by atoms with Gasteiger partial charge in [0.25, 0.3) is 5.91 Å². The Morgan fingerprint density at radius 3 is 2.69 bits per heavy atom. The average Bonchev–Trinajstić information content (AvgIpc) is 3.04. The number of amides is 2. The van der Waals surface area contributed by atoms with Crippen molar-refractivity contribution < 1.29 is 23.8 Å². The second-order valence-corrected chi connectivity index (χ2v) is 6.83. The number of hydrogen-bond donors (Lipinski definition) is 2. The summed E-state index contributed by atoms with van der Waals surface area (Å²) in [7, 11) is 3.07. The van der Waals surface area contributed by atoms with Crippen LogP contribution in [0.25, 0.3) is 0 Å². The largest absolute Gasteiger partial charge is 0.493 e. The van der Waals surface area contributed by atoms with Crippen molar-refractivity contribution in [3.63, 3.8) is 0 Å². The summed E-state index contributed by atoms with van der Waals surface area (Å²) in [5.41, 5.74) is 2.65. The first kappa shape index (κ1) is 20.7. The van der Waals surface area contributed by atoms with Crippen molar-refractivity contribution in [3.8, 4) is 11.5 Å². The van der Waals surface area contributed by atoms with Crippen molar-refractivity contribution in [1.29, 1.82) is 0 Å². The summed E-state index contributed by atoms with van der Waals surface area (Å²) < 4.78 is 18.0. The van der Waals surface area contributed by atoms with Gasteiger partial charge in [-0.1, -0.05) is 6.07 Å². The number of rotatable bonds is 7. The highest BCUT2D eigenvalue weighted by Crippen LogP contribution is 2.32. The molecule has 1 aromatic heterocycles. The molecule has 2 N–H and O–H groups in total. The standard InChI is InChI=1S/C20H26N4O5/c1-12-9-13(2)24(23-12)8-7-21-20(26)19-18(22-17(25)11-29-19)14-5-6-15(27-3)16(10-14)28-4/h5-6,9-10,18-19H,7-8,11H2,1-4H3,(H,21,26)(H,22,25)/t18-,19+/m1/s1. The van der Waals surface area contributed by atoms with Crippen LogP contribution >= 0.6 is 0 Å². The Bertz CT molecular complexity index is 895. The van der Waals surface area contributed by atoms with E-state index in [4.69, 9.17) is 14.2 Å². The molecule has 0 aliphatic carbocycles. The molecule has 2 heterocycles. The molecule has 2 aromatic rings. The summed E-state index contributed by atoms with van der Waals surface area (Å²) in [6, 6.07) is 6.58. The maximum absolute atomic E-state index is 12.8. The van der Waals surface area contributed by atoms with Gasteiger partial charge in [0.2, 0.25) is 5.91 Å². The van der Waals surface area contributed by atoms with E-state index >= 15 is 0 Å². The zero-order valence-corrected chi connectivity index (χ0v) is 17.0. The first-order chi connectivity index (χ1) is 13.9. The Hall–Kier alpha value is -3.07. The van der Waals surface area contributed by atoms with E-state index in [1.807, 2.05) is 24.6 Å². The second-order valence-electron chi connectivity index (χ2n) is 6.83. The molecule has 0 bridgehead atoms.